The van der Waals surface area contributed by atoms with Gasteiger partial charge in [-0.05, 0) is 80.0 Å². The van der Waals surface area contributed by atoms with Gasteiger partial charge in [0, 0.05) is 5.92 Å². The number of rotatable bonds is 2. The largest absolute Gasteiger partial charge is 0.481 e. The van der Waals surface area contributed by atoms with E-state index in [1.165, 1.54) is 19.3 Å². The summed E-state index contributed by atoms with van der Waals surface area (Å²) >= 11 is 7.04. The van der Waals surface area contributed by atoms with E-state index in [0.717, 1.165) is 43.9 Å². The molecule has 3 saturated carbocycles. The van der Waals surface area contributed by atoms with Crippen LogP contribution in [0.25, 0.3) is 0 Å². The van der Waals surface area contributed by atoms with Gasteiger partial charge in [-0.25, -0.2) is 0 Å². The maximum Gasteiger partial charge on any atom is 0.306 e. The van der Waals surface area contributed by atoms with Crippen LogP contribution in [0, 0.1) is 40.4 Å². The summed E-state index contributed by atoms with van der Waals surface area (Å²) in [5, 5.41) is 9.37. The Kier molecular flexibility index (Phi) is 5.12. The highest BCUT2D eigenvalue weighted by Crippen LogP contribution is 2.61. The Morgan fingerprint density at radius 2 is 1.52 bits per heavy atom. The number of carboxylic acids is 1. The minimum Gasteiger partial charge on any atom is -0.481 e. The summed E-state index contributed by atoms with van der Waals surface area (Å²) in [4.78, 5) is 11.3. The maximum atomic E-state index is 11.3. The van der Waals surface area contributed by atoms with E-state index in [1.54, 1.807) is 0 Å². The Labute approximate surface area is 169 Å². The zero-order valence-electron chi connectivity index (χ0n) is 17.4. The van der Waals surface area contributed by atoms with Gasteiger partial charge in [0.05, 0.1) is 23.5 Å². The third-order valence-electron chi connectivity index (χ3n) is 9.04. The molecule has 3 aliphatic carbocycles. The van der Waals surface area contributed by atoms with Gasteiger partial charge in [-0.2, -0.15) is 0 Å². The Balaban J connectivity index is 1.48. The van der Waals surface area contributed by atoms with Crippen LogP contribution in [0.15, 0.2) is 0 Å². The summed E-state index contributed by atoms with van der Waals surface area (Å²) in [6.07, 6.45) is 8.90. The molecule has 1 N–H and O–H groups in total. The van der Waals surface area contributed by atoms with Crippen LogP contribution in [0.2, 0.25) is 0 Å². The molecule has 0 aromatic heterocycles. The lowest BCUT2D eigenvalue weighted by molar-refractivity contribution is -0.143. The molecule has 1 saturated heterocycles. The molecule has 6 unspecified atom stereocenters. The average molecular weight is 397 g/mol. The number of carboxylic acid groups (broad SMARTS) is 1. The summed E-state index contributed by atoms with van der Waals surface area (Å²) in [6, 6.07) is 0. The number of hydrogen-bond donors (Lipinski definition) is 1. The molecular weight excluding hydrogens is 360 g/mol. The molecule has 4 heteroatoms. The van der Waals surface area contributed by atoms with Crippen molar-refractivity contribution in [3.8, 4) is 0 Å². The smallest absolute Gasteiger partial charge is 0.306 e. The Hall–Kier alpha value is -0.280. The number of alkyl halides is 1. The van der Waals surface area contributed by atoms with Crippen LogP contribution < -0.4 is 0 Å². The third kappa shape index (κ3) is 3.45. The minimum atomic E-state index is -0.634. The number of ether oxygens (including phenoxy) is 1. The van der Waals surface area contributed by atoms with Crippen LogP contribution in [0.1, 0.15) is 79.1 Å². The van der Waals surface area contributed by atoms with Gasteiger partial charge in [0.15, 0.2) is 0 Å². The van der Waals surface area contributed by atoms with Crippen LogP contribution in [0.5, 0.6) is 0 Å². The molecule has 0 aromatic rings. The average Bonchev–Trinajstić information content (AvgIpc) is 2.94. The van der Waals surface area contributed by atoms with Gasteiger partial charge >= 0.3 is 5.97 Å². The lowest BCUT2D eigenvalue weighted by Gasteiger charge is -2.56. The fourth-order valence-corrected chi connectivity index (χ4v) is 7.55. The first kappa shape index (κ1) is 20.0. The molecule has 1 heterocycles. The van der Waals surface area contributed by atoms with Crippen molar-refractivity contribution in [2.75, 3.05) is 0 Å². The predicted octanol–water partition coefficient (Wildman–Crippen LogP) is 5.74. The molecule has 3 nitrogen and oxygen atoms in total. The molecule has 1 aliphatic heterocycles. The summed E-state index contributed by atoms with van der Waals surface area (Å²) in [6.45, 7) is 9.84. The number of carbonyl (C=O) groups is 1. The van der Waals surface area contributed by atoms with Crippen LogP contribution in [0.4, 0.5) is 0 Å². The van der Waals surface area contributed by atoms with Crippen LogP contribution in [-0.4, -0.2) is 28.7 Å². The van der Waals surface area contributed by atoms with Crippen LogP contribution >= 0.6 is 11.6 Å². The van der Waals surface area contributed by atoms with Gasteiger partial charge in [-0.15, -0.1) is 11.6 Å². The molecule has 0 spiro atoms. The van der Waals surface area contributed by atoms with Crippen LogP contribution in [0.3, 0.4) is 0 Å². The quantitative estimate of drug-likeness (QED) is 0.605. The van der Waals surface area contributed by atoms with E-state index in [0.29, 0.717) is 28.8 Å². The van der Waals surface area contributed by atoms with Gasteiger partial charge in [0.2, 0.25) is 0 Å². The molecule has 0 bridgehead atoms. The topological polar surface area (TPSA) is 46.5 Å². The zero-order chi connectivity index (χ0) is 19.6. The van der Waals surface area contributed by atoms with E-state index in [9.17, 15) is 9.90 Å². The van der Waals surface area contributed by atoms with E-state index in [4.69, 9.17) is 16.3 Å². The summed E-state index contributed by atoms with van der Waals surface area (Å²) < 4.78 is 6.64. The Morgan fingerprint density at radius 1 is 0.963 bits per heavy atom. The first-order valence-corrected chi connectivity index (χ1v) is 11.6. The number of halogens is 1. The summed E-state index contributed by atoms with van der Waals surface area (Å²) in [5.74, 6) is 1.59. The third-order valence-corrected chi connectivity index (χ3v) is 9.61. The fourth-order valence-electron chi connectivity index (χ4n) is 7.02. The second-order valence-corrected chi connectivity index (χ2v) is 11.9. The monoisotopic (exact) mass is 396 g/mol. The first-order chi connectivity index (χ1) is 12.6. The summed E-state index contributed by atoms with van der Waals surface area (Å²) in [5.41, 5.74) is 0.799. The van der Waals surface area contributed by atoms with E-state index < -0.39 is 5.97 Å². The summed E-state index contributed by atoms with van der Waals surface area (Å²) in [7, 11) is 0. The van der Waals surface area contributed by atoms with E-state index in [2.05, 4.69) is 27.7 Å². The molecule has 4 fully saturated rings. The highest BCUT2D eigenvalue weighted by atomic mass is 35.5. The molecule has 0 aromatic carbocycles. The van der Waals surface area contributed by atoms with Gasteiger partial charge in [-0.3, -0.25) is 4.79 Å². The molecule has 27 heavy (non-hydrogen) atoms. The van der Waals surface area contributed by atoms with Crippen molar-refractivity contribution in [2.45, 2.75) is 96.6 Å². The number of fused-ring (bicyclic) bond motifs is 2. The van der Waals surface area contributed by atoms with E-state index >= 15 is 0 Å². The minimum absolute atomic E-state index is 0.100. The molecule has 0 amide bonds. The second kappa shape index (κ2) is 6.90. The van der Waals surface area contributed by atoms with Crippen molar-refractivity contribution >= 4 is 17.6 Å². The van der Waals surface area contributed by atoms with Gasteiger partial charge in [0.25, 0.3) is 0 Å². The fraction of sp³-hybridized carbons (Fsp3) is 0.957. The maximum absolute atomic E-state index is 11.3. The molecule has 4 rings (SSSR count). The van der Waals surface area contributed by atoms with Crippen molar-refractivity contribution in [3.05, 3.63) is 0 Å². The lowest BCUT2D eigenvalue weighted by atomic mass is 9.49. The Bertz CT molecular complexity index is 578. The van der Waals surface area contributed by atoms with Crippen molar-refractivity contribution < 1.29 is 14.6 Å². The molecule has 0 radical (unpaired) electrons. The van der Waals surface area contributed by atoms with Crippen molar-refractivity contribution in [3.63, 3.8) is 0 Å². The highest BCUT2D eigenvalue weighted by molar-refractivity contribution is 6.21. The SMILES string of the molecule is CC1(C)CCC(C)(C)C2CC3C(CC21)OC(C1CCC(C(=O)O)CC1)C3Cl. The second-order valence-electron chi connectivity index (χ2n) is 11.4. The van der Waals surface area contributed by atoms with Crippen molar-refractivity contribution in [1.29, 1.82) is 0 Å². The van der Waals surface area contributed by atoms with Crippen molar-refractivity contribution in [1.82, 2.24) is 0 Å². The number of hydrogen-bond acceptors (Lipinski definition) is 2. The molecule has 6 atom stereocenters. The molecule has 4 aliphatic rings. The van der Waals surface area contributed by atoms with Crippen molar-refractivity contribution in [2.24, 2.45) is 40.4 Å². The van der Waals surface area contributed by atoms with Crippen LogP contribution in [-0.2, 0) is 9.53 Å². The zero-order valence-corrected chi connectivity index (χ0v) is 18.2. The van der Waals surface area contributed by atoms with E-state index in [1.807, 2.05) is 0 Å². The van der Waals surface area contributed by atoms with Gasteiger partial charge in [0.1, 0.15) is 0 Å². The standard InChI is InChI=1S/C23H37ClO3/c1-22(2)9-10-23(3,4)17-12-18-15(11-16(17)22)19(24)20(27-18)13-5-7-14(8-6-13)21(25)26/h13-20H,5-12H2,1-4H3,(H,25,26). The first-order valence-electron chi connectivity index (χ1n) is 11.1. The lowest BCUT2D eigenvalue weighted by Crippen LogP contribution is -2.50. The Morgan fingerprint density at radius 3 is 2.07 bits per heavy atom. The van der Waals surface area contributed by atoms with Gasteiger partial charge in [-0.1, -0.05) is 27.7 Å². The molecular formula is C23H37ClO3. The van der Waals surface area contributed by atoms with Gasteiger partial charge < -0.3 is 9.84 Å². The predicted molar refractivity (Wildman–Crippen MR) is 108 cm³/mol. The normalized spacial score (nSPS) is 48.5. The highest BCUT2D eigenvalue weighted by Gasteiger charge is 2.57. The molecule has 154 valence electrons. The number of aliphatic carboxylic acids is 1. The van der Waals surface area contributed by atoms with E-state index in [-0.39, 0.29) is 17.4 Å².